The molecule has 0 aliphatic heterocycles. The molecule has 0 aromatic heterocycles. The third kappa shape index (κ3) is 5.81. The van der Waals surface area contributed by atoms with Gasteiger partial charge in [-0.15, -0.1) is 0 Å². The number of hydrogen-bond donors (Lipinski definition) is 2. The first-order chi connectivity index (χ1) is 13.6. The molecular formula is C22H31N3O3. The molecule has 2 aromatic rings. The number of rotatable bonds is 9. The van der Waals surface area contributed by atoms with Crippen LogP contribution >= 0.6 is 0 Å². The third-order valence-electron chi connectivity index (χ3n) is 4.43. The van der Waals surface area contributed by atoms with Gasteiger partial charge in [0.2, 0.25) is 5.75 Å². The maximum Gasteiger partial charge on any atom is 0.203 e. The molecule has 0 aliphatic carbocycles. The van der Waals surface area contributed by atoms with Crippen LogP contribution in [-0.2, 0) is 6.54 Å². The van der Waals surface area contributed by atoms with Crippen molar-refractivity contribution in [1.82, 2.24) is 10.6 Å². The SMILES string of the molecule is CCNC(=NCc1cc(OC)c(OC)c(OC)c1)NCC(C)c1ccccc1. The Balaban J connectivity index is 2.09. The molecule has 0 amide bonds. The Morgan fingerprint density at radius 2 is 1.61 bits per heavy atom. The smallest absolute Gasteiger partial charge is 0.203 e. The second-order valence-electron chi connectivity index (χ2n) is 6.42. The van der Waals surface area contributed by atoms with Gasteiger partial charge in [-0.2, -0.15) is 0 Å². The van der Waals surface area contributed by atoms with Crippen molar-refractivity contribution in [2.24, 2.45) is 4.99 Å². The number of guanidine groups is 1. The molecule has 28 heavy (non-hydrogen) atoms. The molecule has 0 fully saturated rings. The molecule has 0 saturated heterocycles. The third-order valence-corrected chi connectivity index (χ3v) is 4.43. The predicted molar refractivity (Wildman–Crippen MR) is 114 cm³/mol. The monoisotopic (exact) mass is 385 g/mol. The van der Waals surface area contributed by atoms with Gasteiger partial charge in [-0.25, -0.2) is 4.99 Å². The van der Waals surface area contributed by atoms with Crippen LogP contribution in [0.25, 0.3) is 0 Å². The average Bonchev–Trinajstić information content (AvgIpc) is 2.75. The topological polar surface area (TPSA) is 64.1 Å². The lowest BCUT2D eigenvalue weighted by Gasteiger charge is -2.17. The predicted octanol–water partition coefficient (Wildman–Crippen LogP) is 3.57. The minimum absolute atomic E-state index is 0.381. The zero-order valence-electron chi connectivity index (χ0n) is 17.4. The fourth-order valence-electron chi connectivity index (χ4n) is 2.89. The van der Waals surface area contributed by atoms with Gasteiger partial charge in [-0.3, -0.25) is 0 Å². The van der Waals surface area contributed by atoms with Crippen LogP contribution in [0.2, 0.25) is 0 Å². The second-order valence-corrected chi connectivity index (χ2v) is 6.42. The molecule has 0 bridgehead atoms. The van der Waals surface area contributed by atoms with Gasteiger partial charge in [-0.05, 0) is 36.1 Å². The molecule has 1 atom stereocenters. The molecule has 0 aliphatic rings. The van der Waals surface area contributed by atoms with Gasteiger partial charge in [0.25, 0.3) is 0 Å². The van der Waals surface area contributed by atoms with Gasteiger partial charge in [0.15, 0.2) is 17.5 Å². The zero-order chi connectivity index (χ0) is 20.4. The Morgan fingerprint density at radius 3 is 2.14 bits per heavy atom. The van der Waals surface area contributed by atoms with Gasteiger partial charge >= 0.3 is 0 Å². The van der Waals surface area contributed by atoms with E-state index in [1.54, 1.807) is 21.3 Å². The highest BCUT2D eigenvalue weighted by atomic mass is 16.5. The quantitative estimate of drug-likeness (QED) is 0.510. The largest absolute Gasteiger partial charge is 0.493 e. The van der Waals surface area contributed by atoms with E-state index in [9.17, 15) is 0 Å². The molecule has 0 radical (unpaired) electrons. The van der Waals surface area contributed by atoms with E-state index >= 15 is 0 Å². The summed E-state index contributed by atoms with van der Waals surface area (Å²) in [4.78, 5) is 4.70. The number of aliphatic imine (C=N–C) groups is 1. The highest BCUT2D eigenvalue weighted by Crippen LogP contribution is 2.38. The summed E-state index contributed by atoms with van der Waals surface area (Å²) >= 11 is 0. The summed E-state index contributed by atoms with van der Waals surface area (Å²) in [5.74, 6) is 3.00. The second kappa shape index (κ2) is 11.1. The Morgan fingerprint density at radius 1 is 0.964 bits per heavy atom. The Kier molecular flexibility index (Phi) is 8.46. The van der Waals surface area contributed by atoms with E-state index in [-0.39, 0.29) is 0 Å². The Hall–Kier alpha value is -2.89. The van der Waals surface area contributed by atoms with Crippen molar-refractivity contribution in [2.75, 3.05) is 34.4 Å². The maximum atomic E-state index is 5.42. The van der Waals surface area contributed by atoms with Crippen molar-refractivity contribution in [3.63, 3.8) is 0 Å². The number of methoxy groups -OCH3 is 3. The van der Waals surface area contributed by atoms with Crippen LogP contribution in [0, 0.1) is 0 Å². The molecule has 2 rings (SSSR count). The van der Waals surface area contributed by atoms with Crippen LogP contribution < -0.4 is 24.8 Å². The normalized spacial score (nSPS) is 12.2. The molecule has 2 N–H and O–H groups in total. The standard InChI is InChI=1S/C22H31N3O3/c1-6-23-22(24-14-16(2)18-10-8-7-9-11-18)25-15-17-12-19(26-3)21(28-5)20(13-17)27-4/h7-13,16H,6,14-15H2,1-5H3,(H2,23,24,25). The molecule has 6 nitrogen and oxygen atoms in total. The number of nitrogens with zero attached hydrogens (tertiary/aromatic N) is 1. The van der Waals surface area contributed by atoms with Gasteiger partial charge in [0.1, 0.15) is 0 Å². The minimum atomic E-state index is 0.381. The number of ether oxygens (including phenoxy) is 3. The summed E-state index contributed by atoms with van der Waals surface area (Å²) in [6, 6.07) is 14.3. The summed E-state index contributed by atoms with van der Waals surface area (Å²) in [7, 11) is 4.82. The van der Waals surface area contributed by atoms with Crippen molar-refractivity contribution >= 4 is 5.96 Å². The van der Waals surface area contributed by atoms with Crippen molar-refractivity contribution < 1.29 is 14.2 Å². The van der Waals surface area contributed by atoms with E-state index in [4.69, 9.17) is 19.2 Å². The first-order valence-electron chi connectivity index (χ1n) is 9.48. The lowest BCUT2D eigenvalue weighted by atomic mass is 10.0. The minimum Gasteiger partial charge on any atom is -0.493 e. The van der Waals surface area contributed by atoms with E-state index in [2.05, 4.69) is 48.7 Å². The molecular weight excluding hydrogens is 354 g/mol. The number of hydrogen-bond acceptors (Lipinski definition) is 4. The summed E-state index contributed by atoms with van der Waals surface area (Å²) < 4.78 is 16.2. The first kappa shape index (κ1) is 21.4. The summed E-state index contributed by atoms with van der Waals surface area (Å²) in [5, 5.41) is 6.71. The first-order valence-corrected chi connectivity index (χ1v) is 9.48. The van der Waals surface area contributed by atoms with E-state index in [0.717, 1.165) is 24.6 Å². The van der Waals surface area contributed by atoms with Crippen molar-refractivity contribution in [1.29, 1.82) is 0 Å². The summed E-state index contributed by atoms with van der Waals surface area (Å²) in [5.41, 5.74) is 2.28. The summed E-state index contributed by atoms with van der Waals surface area (Å²) in [6.45, 7) is 6.33. The van der Waals surface area contributed by atoms with Crippen molar-refractivity contribution in [3.8, 4) is 17.2 Å². The van der Waals surface area contributed by atoms with Gasteiger partial charge in [0, 0.05) is 13.1 Å². The molecule has 6 heteroatoms. The van der Waals surface area contributed by atoms with E-state index in [1.807, 2.05) is 18.2 Å². The van der Waals surface area contributed by atoms with Crippen molar-refractivity contribution in [2.45, 2.75) is 26.3 Å². The lowest BCUT2D eigenvalue weighted by molar-refractivity contribution is 0.324. The molecule has 1 unspecified atom stereocenters. The molecule has 152 valence electrons. The van der Waals surface area contributed by atoms with Crippen molar-refractivity contribution in [3.05, 3.63) is 53.6 Å². The highest BCUT2D eigenvalue weighted by molar-refractivity contribution is 5.79. The molecule has 0 heterocycles. The average molecular weight is 386 g/mol. The maximum absolute atomic E-state index is 5.42. The van der Waals surface area contributed by atoms with E-state index in [1.165, 1.54) is 5.56 Å². The Labute approximate surface area is 167 Å². The van der Waals surface area contributed by atoms with Gasteiger partial charge in [0.05, 0.1) is 27.9 Å². The fraction of sp³-hybridized carbons (Fsp3) is 0.409. The van der Waals surface area contributed by atoms with Crippen LogP contribution in [0.15, 0.2) is 47.5 Å². The zero-order valence-corrected chi connectivity index (χ0v) is 17.4. The van der Waals surface area contributed by atoms with Crippen LogP contribution in [0.5, 0.6) is 17.2 Å². The Bertz CT molecular complexity index is 738. The van der Waals surface area contributed by atoms with Crippen LogP contribution in [0.3, 0.4) is 0 Å². The molecule has 0 spiro atoms. The number of nitrogens with one attached hydrogen (secondary N) is 2. The molecule has 2 aromatic carbocycles. The summed E-state index contributed by atoms with van der Waals surface area (Å²) in [6.07, 6.45) is 0. The van der Waals surface area contributed by atoms with E-state index < -0.39 is 0 Å². The molecule has 0 saturated carbocycles. The van der Waals surface area contributed by atoms with Crippen LogP contribution in [0.1, 0.15) is 30.9 Å². The van der Waals surface area contributed by atoms with Gasteiger partial charge in [-0.1, -0.05) is 37.3 Å². The van der Waals surface area contributed by atoms with Crippen LogP contribution in [-0.4, -0.2) is 40.4 Å². The van der Waals surface area contributed by atoms with Gasteiger partial charge < -0.3 is 24.8 Å². The lowest BCUT2D eigenvalue weighted by Crippen LogP contribution is -2.39. The number of benzene rings is 2. The van der Waals surface area contributed by atoms with E-state index in [0.29, 0.717) is 29.7 Å². The fourth-order valence-corrected chi connectivity index (χ4v) is 2.89. The highest BCUT2D eigenvalue weighted by Gasteiger charge is 2.13. The van der Waals surface area contributed by atoms with Crippen LogP contribution in [0.4, 0.5) is 0 Å².